The van der Waals surface area contributed by atoms with Gasteiger partial charge >= 0.3 is 5.97 Å². The molecule has 28 heavy (non-hydrogen) atoms. The minimum absolute atomic E-state index is 0.364. The monoisotopic (exact) mass is 381 g/mol. The number of hydrogen-bond acceptors (Lipinski definition) is 5. The van der Waals surface area contributed by atoms with Crippen LogP contribution < -0.4 is 14.8 Å². The second kappa shape index (κ2) is 10.6. The van der Waals surface area contributed by atoms with Gasteiger partial charge in [-0.2, -0.15) is 0 Å². The van der Waals surface area contributed by atoms with E-state index >= 15 is 0 Å². The Morgan fingerprint density at radius 3 is 2.54 bits per heavy atom. The summed E-state index contributed by atoms with van der Waals surface area (Å²) in [4.78, 5) is 23.7. The quantitative estimate of drug-likeness (QED) is 0.407. The first-order valence-electron chi connectivity index (χ1n) is 8.65. The SMILES string of the molecule is C=CCOc1ccc(/C=C/C(=O)OCC(=O)Nc2ccc(C)cc2)cc1OC. The lowest BCUT2D eigenvalue weighted by Crippen LogP contribution is -2.20. The molecule has 0 aliphatic heterocycles. The summed E-state index contributed by atoms with van der Waals surface area (Å²) in [5, 5.41) is 2.66. The number of rotatable bonds is 9. The first-order valence-corrected chi connectivity index (χ1v) is 8.65. The molecule has 0 atom stereocenters. The van der Waals surface area contributed by atoms with Crippen LogP contribution in [-0.2, 0) is 14.3 Å². The number of anilines is 1. The van der Waals surface area contributed by atoms with Gasteiger partial charge in [0.05, 0.1) is 7.11 Å². The lowest BCUT2D eigenvalue weighted by Gasteiger charge is -2.09. The second-order valence-electron chi connectivity index (χ2n) is 5.87. The van der Waals surface area contributed by atoms with E-state index in [9.17, 15) is 9.59 Å². The van der Waals surface area contributed by atoms with E-state index in [4.69, 9.17) is 14.2 Å². The highest BCUT2D eigenvalue weighted by atomic mass is 16.5. The first kappa shape index (κ1) is 20.8. The van der Waals surface area contributed by atoms with Gasteiger partial charge in [-0.15, -0.1) is 0 Å². The molecule has 6 heteroatoms. The Morgan fingerprint density at radius 1 is 1.11 bits per heavy atom. The molecule has 1 amide bonds. The molecule has 2 rings (SSSR count). The summed E-state index contributed by atoms with van der Waals surface area (Å²) in [5.74, 6) is 0.0887. The average molecular weight is 381 g/mol. The predicted octanol–water partition coefficient (Wildman–Crippen LogP) is 3.76. The normalized spacial score (nSPS) is 10.4. The summed E-state index contributed by atoms with van der Waals surface area (Å²) in [6, 6.07) is 12.6. The molecular weight excluding hydrogens is 358 g/mol. The van der Waals surface area contributed by atoms with Crippen LogP contribution in [0.2, 0.25) is 0 Å². The minimum atomic E-state index is -0.620. The number of amides is 1. The number of benzene rings is 2. The first-order chi connectivity index (χ1) is 13.5. The largest absolute Gasteiger partial charge is 0.493 e. The molecule has 0 saturated heterocycles. The van der Waals surface area contributed by atoms with Crippen molar-refractivity contribution >= 4 is 23.6 Å². The van der Waals surface area contributed by atoms with E-state index in [2.05, 4.69) is 11.9 Å². The Bertz CT molecular complexity index is 856. The van der Waals surface area contributed by atoms with Crippen molar-refractivity contribution in [2.75, 3.05) is 25.6 Å². The zero-order valence-corrected chi connectivity index (χ0v) is 15.9. The van der Waals surface area contributed by atoms with Gasteiger partial charge in [0.1, 0.15) is 6.61 Å². The zero-order valence-electron chi connectivity index (χ0n) is 15.9. The van der Waals surface area contributed by atoms with E-state index in [0.29, 0.717) is 23.8 Å². The van der Waals surface area contributed by atoms with Crippen LogP contribution in [0.3, 0.4) is 0 Å². The third-order valence-electron chi connectivity index (χ3n) is 3.64. The van der Waals surface area contributed by atoms with Gasteiger partial charge in [-0.05, 0) is 42.8 Å². The lowest BCUT2D eigenvalue weighted by atomic mass is 10.2. The number of ether oxygens (including phenoxy) is 3. The minimum Gasteiger partial charge on any atom is -0.493 e. The second-order valence-corrected chi connectivity index (χ2v) is 5.87. The Labute approximate surface area is 164 Å². The van der Waals surface area contributed by atoms with E-state index < -0.39 is 11.9 Å². The van der Waals surface area contributed by atoms with Crippen molar-refractivity contribution < 1.29 is 23.8 Å². The van der Waals surface area contributed by atoms with Crippen LogP contribution in [0.25, 0.3) is 6.08 Å². The highest BCUT2D eigenvalue weighted by Crippen LogP contribution is 2.28. The number of carbonyl (C=O) groups is 2. The third-order valence-corrected chi connectivity index (χ3v) is 3.64. The van der Waals surface area contributed by atoms with Gasteiger partial charge in [0.15, 0.2) is 18.1 Å². The van der Waals surface area contributed by atoms with Crippen molar-refractivity contribution in [2.24, 2.45) is 0 Å². The summed E-state index contributed by atoms with van der Waals surface area (Å²) in [6.45, 7) is 5.55. The van der Waals surface area contributed by atoms with Crippen molar-refractivity contribution in [1.29, 1.82) is 0 Å². The number of esters is 1. The topological polar surface area (TPSA) is 73.9 Å². The van der Waals surface area contributed by atoms with Gasteiger partial charge in [0.25, 0.3) is 5.91 Å². The molecule has 1 N–H and O–H groups in total. The van der Waals surface area contributed by atoms with E-state index in [-0.39, 0.29) is 6.61 Å². The van der Waals surface area contributed by atoms with E-state index in [1.54, 1.807) is 42.5 Å². The number of methoxy groups -OCH3 is 1. The Balaban J connectivity index is 1.86. The Morgan fingerprint density at radius 2 is 1.86 bits per heavy atom. The number of aryl methyl sites for hydroxylation is 1. The van der Waals surface area contributed by atoms with Gasteiger partial charge in [-0.1, -0.05) is 36.4 Å². The fourth-order valence-corrected chi connectivity index (χ4v) is 2.24. The fourth-order valence-electron chi connectivity index (χ4n) is 2.24. The van der Waals surface area contributed by atoms with Gasteiger partial charge in [0.2, 0.25) is 0 Å². The molecule has 0 heterocycles. The summed E-state index contributed by atoms with van der Waals surface area (Å²) >= 11 is 0. The van der Waals surface area contributed by atoms with Crippen molar-refractivity contribution in [2.45, 2.75) is 6.92 Å². The standard InChI is InChI=1S/C22H23NO5/c1-4-13-27-19-11-7-17(14-20(19)26-3)8-12-22(25)28-15-21(24)23-18-9-5-16(2)6-10-18/h4-12,14H,1,13,15H2,2-3H3,(H,23,24)/b12-8+. The highest BCUT2D eigenvalue weighted by molar-refractivity contribution is 5.94. The molecule has 146 valence electrons. The van der Waals surface area contributed by atoms with Crippen molar-refractivity contribution in [3.05, 3.63) is 72.3 Å². The number of carbonyl (C=O) groups excluding carboxylic acids is 2. The van der Waals surface area contributed by atoms with Gasteiger partial charge in [-0.25, -0.2) is 4.79 Å². The molecule has 0 spiro atoms. The van der Waals surface area contributed by atoms with Gasteiger partial charge in [0, 0.05) is 11.8 Å². The van der Waals surface area contributed by atoms with Gasteiger partial charge in [-0.3, -0.25) is 4.79 Å². The molecule has 0 fully saturated rings. The van der Waals surface area contributed by atoms with Crippen LogP contribution in [0.15, 0.2) is 61.2 Å². The van der Waals surface area contributed by atoms with Gasteiger partial charge < -0.3 is 19.5 Å². The maximum atomic E-state index is 11.8. The number of nitrogens with one attached hydrogen (secondary N) is 1. The summed E-state index contributed by atoms with van der Waals surface area (Å²) in [6.07, 6.45) is 4.45. The molecule has 6 nitrogen and oxygen atoms in total. The maximum Gasteiger partial charge on any atom is 0.331 e. The molecule has 2 aromatic carbocycles. The van der Waals surface area contributed by atoms with Crippen molar-refractivity contribution in [3.8, 4) is 11.5 Å². The lowest BCUT2D eigenvalue weighted by molar-refractivity contribution is -0.142. The predicted molar refractivity (Wildman–Crippen MR) is 108 cm³/mol. The molecular formula is C22H23NO5. The Hall–Kier alpha value is -3.54. The average Bonchev–Trinajstić information content (AvgIpc) is 2.71. The van der Waals surface area contributed by atoms with E-state index in [1.807, 2.05) is 19.1 Å². The highest BCUT2D eigenvalue weighted by Gasteiger charge is 2.07. The summed E-state index contributed by atoms with van der Waals surface area (Å²) in [5.41, 5.74) is 2.46. The van der Waals surface area contributed by atoms with Crippen LogP contribution in [0.5, 0.6) is 11.5 Å². The van der Waals surface area contributed by atoms with Crippen LogP contribution >= 0.6 is 0 Å². The maximum absolute atomic E-state index is 11.8. The molecule has 0 aromatic heterocycles. The van der Waals surface area contributed by atoms with Crippen LogP contribution in [0, 0.1) is 6.92 Å². The van der Waals surface area contributed by atoms with Crippen molar-refractivity contribution in [1.82, 2.24) is 0 Å². The van der Waals surface area contributed by atoms with Crippen LogP contribution in [-0.4, -0.2) is 32.2 Å². The van der Waals surface area contributed by atoms with E-state index in [0.717, 1.165) is 11.1 Å². The Kier molecular flexibility index (Phi) is 7.84. The zero-order chi connectivity index (χ0) is 20.4. The molecule has 0 bridgehead atoms. The number of hydrogen-bond donors (Lipinski definition) is 1. The van der Waals surface area contributed by atoms with Crippen LogP contribution in [0.1, 0.15) is 11.1 Å². The van der Waals surface area contributed by atoms with E-state index in [1.165, 1.54) is 13.2 Å². The third kappa shape index (κ3) is 6.64. The molecule has 0 radical (unpaired) electrons. The molecule has 0 aliphatic rings. The molecule has 2 aromatic rings. The summed E-state index contributed by atoms with van der Waals surface area (Å²) in [7, 11) is 1.53. The molecule has 0 aliphatic carbocycles. The fraction of sp³-hybridized carbons (Fsp3) is 0.182. The van der Waals surface area contributed by atoms with Crippen LogP contribution in [0.4, 0.5) is 5.69 Å². The summed E-state index contributed by atoms with van der Waals surface area (Å²) < 4.78 is 15.7. The van der Waals surface area contributed by atoms with Crippen molar-refractivity contribution in [3.63, 3.8) is 0 Å². The molecule has 0 unspecified atom stereocenters. The smallest absolute Gasteiger partial charge is 0.331 e. The molecule has 0 saturated carbocycles.